The molecule has 2 aromatic carbocycles. The van der Waals surface area contributed by atoms with Crippen LogP contribution in [0.25, 0.3) is 0 Å². The van der Waals surface area contributed by atoms with E-state index >= 15 is 0 Å². The lowest BCUT2D eigenvalue weighted by molar-refractivity contribution is -0.112. The maximum Gasteiger partial charge on any atom is 0.265 e. The second-order valence-corrected chi connectivity index (χ2v) is 7.67. The summed E-state index contributed by atoms with van der Waals surface area (Å²) >= 11 is 8.84. The Labute approximate surface area is 142 Å². The van der Waals surface area contributed by atoms with Gasteiger partial charge in [0.1, 0.15) is 6.04 Å². The molecule has 0 radical (unpaired) electrons. The van der Waals surface area contributed by atoms with Crippen molar-refractivity contribution in [3.8, 4) is 0 Å². The highest BCUT2D eigenvalue weighted by atomic mass is 79.9. The first kappa shape index (κ1) is 17.0. The van der Waals surface area contributed by atoms with E-state index in [1.165, 1.54) is 19.1 Å². The lowest BCUT2D eigenvalue weighted by atomic mass is 10.3. The van der Waals surface area contributed by atoms with Crippen molar-refractivity contribution in [1.82, 2.24) is 0 Å². The number of anilines is 1. The highest BCUT2D eigenvalue weighted by Crippen LogP contribution is 2.28. The molecule has 7 heteroatoms. The van der Waals surface area contributed by atoms with E-state index in [1.807, 2.05) is 0 Å². The van der Waals surface area contributed by atoms with Gasteiger partial charge in [0.05, 0.1) is 10.6 Å². The fourth-order valence-corrected chi connectivity index (χ4v) is 4.02. The Kier molecular flexibility index (Phi) is 5.26. The average molecular weight is 403 g/mol. The number of nitrogens with zero attached hydrogens (tertiary/aromatic N) is 1. The second kappa shape index (κ2) is 6.81. The third-order valence-corrected chi connectivity index (χ3v) is 5.82. The molecule has 1 unspecified atom stereocenters. The zero-order valence-electron chi connectivity index (χ0n) is 11.6. The molecule has 0 saturated carbocycles. The number of hydrogen-bond acceptors (Lipinski definition) is 3. The smallest absolute Gasteiger partial charge is 0.265 e. The first-order valence-electron chi connectivity index (χ1n) is 6.38. The van der Waals surface area contributed by atoms with Crippen molar-refractivity contribution < 1.29 is 13.2 Å². The SMILES string of the molecule is CC(C(=O)Cl)N(c1ccc(Br)cc1)S(=O)(=O)c1ccccc1. The fraction of sp³-hybridized carbons (Fsp3) is 0.133. The molecular weight excluding hydrogens is 390 g/mol. The minimum atomic E-state index is -3.90. The standard InChI is InChI=1S/C15H13BrClNO3S/c1-11(15(17)19)18(13-9-7-12(16)8-10-13)22(20,21)14-5-3-2-4-6-14/h2-11H,1H3. The molecule has 0 fully saturated rings. The number of carbonyl (C=O) groups excluding carboxylic acids is 1. The maximum absolute atomic E-state index is 12.9. The van der Waals surface area contributed by atoms with Crippen LogP contribution in [0, 0.1) is 0 Å². The molecule has 0 heterocycles. The lowest BCUT2D eigenvalue weighted by Gasteiger charge is -2.28. The van der Waals surface area contributed by atoms with Gasteiger partial charge in [-0.3, -0.25) is 9.10 Å². The molecule has 0 N–H and O–H groups in total. The predicted molar refractivity (Wildman–Crippen MR) is 90.6 cm³/mol. The van der Waals surface area contributed by atoms with Crippen molar-refractivity contribution in [2.24, 2.45) is 0 Å². The molecule has 2 aromatic rings. The van der Waals surface area contributed by atoms with Crippen LogP contribution in [0.5, 0.6) is 0 Å². The van der Waals surface area contributed by atoms with E-state index in [4.69, 9.17) is 11.6 Å². The van der Waals surface area contributed by atoms with Gasteiger partial charge in [0.15, 0.2) is 0 Å². The van der Waals surface area contributed by atoms with Crippen LogP contribution in [-0.4, -0.2) is 19.7 Å². The van der Waals surface area contributed by atoms with Crippen LogP contribution < -0.4 is 4.31 Å². The van der Waals surface area contributed by atoms with E-state index < -0.39 is 21.3 Å². The first-order chi connectivity index (χ1) is 10.3. The Morgan fingerprint density at radius 1 is 1.09 bits per heavy atom. The average Bonchev–Trinajstić information content (AvgIpc) is 2.50. The van der Waals surface area contributed by atoms with Crippen LogP contribution >= 0.6 is 27.5 Å². The van der Waals surface area contributed by atoms with Gasteiger partial charge >= 0.3 is 0 Å². The number of sulfonamides is 1. The summed E-state index contributed by atoms with van der Waals surface area (Å²) in [6.45, 7) is 1.46. The highest BCUT2D eigenvalue weighted by molar-refractivity contribution is 9.10. The van der Waals surface area contributed by atoms with Crippen molar-refractivity contribution in [2.75, 3.05) is 4.31 Å². The lowest BCUT2D eigenvalue weighted by Crippen LogP contribution is -2.42. The van der Waals surface area contributed by atoms with Gasteiger partial charge in [-0.2, -0.15) is 0 Å². The van der Waals surface area contributed by atoms with Gasteiger partial charge in [0, 0.05) is 4.47 Å². The van der Waals surface area contributed by atoms with Crippen LogP contribution in [0.1, 0.15) is 6.92 Å². The Hall–Kier alpha value is -1.37. The molecule has 22 heavy (non-hydrogen) atoms. The van der Waals surface area contributed by atoms with Crippen LogP contribution in [0.3, 0.4) is 0 Å². The Balaban J connectivity index is 2.59. The van der Waals surface area contributed by atoms with Crippen molar-refractivity contribution in [1.29, 1.82) is 0 Å². The molecule has 1 atom stereocenters. The number of carbonyl (C=O) groups is 1. The Morgan fingerprint density at radius 2 is 1.64 bits per heavy atom. The first-order valence-corrected chi connectivity index (χ1v) is 8.99. The monoisotopic (exact) mass is 401 g/mol. The summed E-state index contributed by atoms with van der Waals surface area (Å²) in [5.74, 6) is 0. The van der Waals surface area contributed by atoms with Crippen molar-refractivity contribution in [2.45, 2.75) is 17.9 Å². The topological polar surface area (TPSA) is 54.5 Å². The second-order valence-electron chi connectivity index (χ2n) is 4.57. The van der Waals surface area contributed by atoms with Crippen LogP contribution in [0.15, 0.2) is 64.0 Å². The summed E-state index contributed by atoms with van der Waals surface area (Å²) < 4.78 is 27.6. The van der Waals surface area contributed by atoms with Gasteiger partial charge in [-0.15, -0.1) is 0 Å². The zero-order valence-corrected chi connectivity index (χ0v) is 14.8. The highest BCUT2D eigenvalue weighted by Gasteiger charge is 2.32. The normalized spacial score (nSPS) is 12.7. The van der Waals surface area contributed by atoms with Crippen molar-refractivity contribution in [3.63, 3.8) is 0 Å². The minimum absolute atomic E-state index is 0.0997. The molecule has 0 aromatic heterocycles. The summed E-state index contributed by atoms with van der Waals surface area (Å²) in [4.78, 5) is 11.7. The zero-order chi connectivity index (χ0) is 16.3. The number of rotatable bonds is 5. The summed E-state index contributed by atoms with van der Waals surface area (Å²) in [5.41, 5.74) is 0.369. The van der Waals surface area contributed by atoms with Gasteiger partial charge in [-0.25, -0.2) is 8.42 Å². The van der Waals surface area contributed by atoms with E-state index in [-0.39, 0.29) is 4.90 Å². The molecule has 2 rings (SSSR count). The third-order valence-electron chi connectivity index (χ3n) is 3.06. The molecule has 4 nitrogen and oxygen atoms in total. The van der Waals surface area contributed by atoms with Gasteiger partial charge in [0.25, 0.3) is 10.0 Å². The Bertz CT molecular complexity index is 763. The van der Waals surface area contributed by atoms with Crippen LogP contribution in [0.2, 0.25) is 0 Å². The summed E-state index contributed by atoms with van der Waals surface area (Å²) in [6.07, 6.45) is 0. The van der Waals surface area contributed by atoms with Gasteiger partial charge in [-0.1, -0.05) is 34.1 Å². The largest absolute Gasteiger partial charge is 0.279 e. The number of hydrogen-bond donors (Lipinski definition) is 0. The van der Waals surface area contributed by atoms with Gasteiger partial charge in [-0.05, 0) is 54.9 Å². The summed E-state index contributed by atoms with van der Waals surface area (Å²) in [7, 11) is -3.90. The maximum atomic E-state index is 12.9. The van der Waals surface area contributed by atoms with Crippen LogP contribution in [-0.2, 0) is 14.8 Å². The predicted octanol–water partition coefficient (Wildman–Crippen LogP) is 3.80. The van der Waals surface area contributed by atoms with Crippen molar-refractivity contribution in [3.05, 3.63) is 59.1 Å². The van der Waals surface area contributed by atoms with E-state index in [0.717, 1.165) is 8.78 Å². The molecule has 0 aliphatic carbocycles. The fourth-order valence-electron chi connectivity index (χ4n) is 1.96. The summed E-state index contributed by atoms with van der Waals surface area (Å²) in [6, 6.07) is 13.5. The summed E-state index contributed by atoms with van der Waals surface area (Å²) in [5, 5.41) is -0.748. The molecule has 0 saturated heterocycles. The van der Waals surface area contributed by atoms with Crippen LogP contribution in [0.4, 0.5) is 5.69 Å². The van der Waals surface area contributed by atoms with E-state index in [0.29, 0.717) is 5.69 Å². The molecule has 0 bridgehead atoms. The van der Waals surface area contributed by atoms with Gasteiger partial charge < -0.3 is 0 Å². The quantitative estimate of drug-likeness (QED) is 0.715. The molecule has 0 spiro atoms. The number of benzene rings is 2. The molecular formula is C15H13BrClNO3S. The minimum Gasteiger partial charge on any atom is -0.279 e. The van der Waals surface area contributed by atoms with E-state index in [1.54, 1.807) is 42.5 Å². The third kappa shape index (κ3) is 3.51. The molecule has 0 amide bonds. The van der Waals surface area contributed by atoms with E-state index in [2.05, 4.69) is 15.9 Å². The van der Waals surface area contributed by atoms with E-state index in [9.17, 15) is 13.2 Å². The molecule has 0 aliphatic rings. The molecule has 116 valence electrons. The Morgan fingerprint density at radius 3 is 2.14 bits per heavy atom. The van der Waals surface area contributed by atoms with Crippen molar-refractivity contribution >= 4 is 48.5 Å². The number of halogens is 2. The van der Waals surface area contributed by atoms with Gasteiger partial charge in [0.2, 0.25) is 5.24 Å². The molecule has 0 aliphatic heterocycles.